The minimum Gasteiger partial charge on any atom is -0.415 e. The highest BCUT2D eigenvalue weighted by Gasteiger charge is 2.54. The van der Waals surface area contributed by atoms with Gasteiger partial charge >= 0.3 is 0 Å². The van der Waals surface area contributed by atoms with Crippen molar-refractivity contribution in [3.05, 3.63) is 41.5 Å². The number of hydrogen-bond donors (Lipinski definition) is 0. The number of rotatable bonds is 5. The molecule has 4 fully saturated rings. The first-order valence-corrected chi connectivity index (χ1v) is 10.7. The molecule has 1 heterocycles. The van der Waals surface area contributed by atoms with Crippen molar-refractivity contribution in [3.63, 3.8) is 0 Å². The molecule has 1 aromatic carbocycles. The quantitative estimate of drug-likeness (QED) is 0.532. The number of carbonyl (C=O) groups is 1. The minimum atomic E-state index is -0.361. The molecular weight excluding hydrogens is 363 g/mol. The zero-order valence-electron chi connectivity index (χ0n) is 15.4. The Balaban J connectivity index is 1.31. The average molecular weight is 386 g/mol. The molecule has 6 rings (SSSR count). The molecule has 6 heteroatoms. The standard InChI is InChI=1S/C21H23FN2O2S/c1-12(18(25)16-2-4-17(22)5-3-16)27-20-24-23-19(26-20)21-9-13-6-14(10-21)8-15(7-13)11-21/h2-5,12-15H,6-11H2,1H3/t12-,13?,14?,15?,21?/m0/s1. The Morgan fingerprint density at radius 2 is 1.70 bits per heavy atom. The van der Waals surface area contributed by atoms with E-state index < -0.39 is 0 Å². The van der Waals surface area contributed by atoms with Crippen LogP contribution in [0.2, 0.25) is 0 Å². The van der Waals surface area contributed by atoms with Crippen LogP contribution in [0.25, 0.3) is 0 Å². The van der Waals surface area contributed by atoms with Crippen molar-refractivity contribution in [3.8, 4) is 0 Å². The molecule has 0 radical (unpaired) electrons. The highest BCUT2D eigenvalue weighted by Crippen LogP contribution is 2.60. The van der Waals surface area contributed by atoms with Crippen molar-refractivity contribution < 1.29 is 13.6 Å². The predicted molar refractivity (Wildman–Crippen MR) is 100 cm³/mol. The monoisotopic (exact) mass is 386 g/mol. The van der Waals surface area contributed by atoms with Gasteiger partial charge in [-0.2, -0.15) is 0 Å². The molecule has 4 nitrogen and oxygen atoms in total. The maximum atomic E-state index is 13.1. The zero-order chi connectivity index (χ0) is 18.6. The van der Waals surface area contributed by atoms with E-state index in [1.54, 1.807) is 0 Å². The van der Waals surface area contributed by atoms with E-state index >= 15 is 0 Å². The number of thioether (sulfide) groups is 1. The summed E-state index contributed by atoms with van der Waals surface area (Å²) in [6, 6.07) is 5.65. The number of benzene rings is 1. The molecule has 4 bridgehead atoms. The Kier molecular flexibility index (Phi) is 4.15. The van der Waals surface area contributed by atoms with Crippen LogP contribution in [0.5, 0.6) is 0 Å². The summed E-state index contributed by atoms with van der Waals surface area (Å²) in [5.41, 5.74) is 0.572. The fraction of sp³-hybridized carbons (Fsp3) is 0.571. The van der Waals surface area contributed by atoms with Gasteiger partial charge in [0.15, 0.2) is 5.78 Å². The highest BCUT2D eigenvalue weighted by atomic mass is 32.2. The minimum absolute atomic E-state index is 0.0606. The zero-order valence-corrected chi connectivity index (χ0v) is 16.2. The Morgan fingerprint density at radius 1 is 1.11 bits per heavy atom. The summed E-state index contributed by atoms with van der Waals surface area (Å²) < 4.78 is 19.1. The summed E-state index contributed by atoms with van der Waals surface area (Å²) in [7, 11) is 0. The van der Waals surface area contributed by atoms with E-state index in [1.807, 2.05) is 6.92 Å². The van der Waals surface area contributed by atoms with Crippen molar-refractivity contribution in [2.45, 2.75) is 61.3 Å². The van der Waals surface area contributed by atoms with Crippen LogP contribution in [0.3, 0.4) is 0 Å². The Bertz CT molecular complexity index is 828. The summed E-state index contributed by atoms with van der Waals surface area (Å²) in [5, 5.41) is 8.74. The maximum absolute atomic E-state index is 13.1. The van der Waals surface area contributed by atoms with Gasteiger partial charge in [0.25, 0.3) is 5.22 Å². The lowest BCUT2D eigenvalue weighted by molar-refractivity contribution is -0.0191. The molecule has 4 saturated carbocycles. The molecule has 1 aromatic heterocycles. The van der Waals surface area contributed by atoms with E-state index in [1.165, 1.54) is 74.6 Å². The first kappa shape index (κ1) is 17.4. The predicted octanol–water partition coefficient (Wildman–Crippen LogP) is 5.04. The van der Waals surface area contributed by atoms with E-state index in [9.17, 15) is 9.18 Å². The number of aromatic nitrogens is 2. The fourth-order valence-electron chi connectivity index (χ4n) is 5.90. The van der Waals surface area contributed by atoms with Crippen molar-refractivity contribution >= 4 is 17.5 Å². The molecule has 27 heavy (non-hydrogen) atoms. The van der Waals surface area contributed by atoms with Gasteiger partial charge in [-0.25, -0.2) is 4.39 Å². The van der Waals surface area contributed by atoms with Gasteiger partial charge in [0.1, 0.15) is 5.82 Å². The smallest absolute Gasteiger partial charge is 0.277 e. The van der Waals surface area contributed by atoms with Gasteiger partial charge in [-0.05, 0) is 87.5 Å². The van der Waals surface area contributed by atoms with Gasteiger partial charge in [-0.15, -0.1) is 10.2 Å². The maximum Gasteiger partial charge on any atom is 0.277 e. The summed E-state index contributed by atoms with van der Waals surface area (Å²) in [6.07, 6.45) is 7.65. The topological polar surface area (TPSA) is 56.0 Å². The van der Waals surface area contributed by atoms with Crippen molar-refractivity contribution in [1.29, 1.82) is 0 Å². The van der Waals surface area contributed by atoms with Crippen LogP contribution in [-0.2, 0) is 5.41 Å². The molecule has 0 N–H and O–H groups in total. The Labute approximate surface area is 162 Å². The van der Waals surface area contributed by atoms with E-state index in [0.717, 1.165) is 23.6 Å². The summed E-state index contributed by atoms with van der Waals surface area (Å²) in [5.74, 6) is 2.83. The molecule has 0 aliphatic heterocycles. The average Bonchev–Trinajstić information content (AvgIpc) is 3.10. The number of nitrogens with zero attached hydrogens (tertiary/aromatic N) is 2. The Morgan fingerprint density at radius 3 is 2.30 bits per heavy atom. The third kappa shape index (κ3) is 3.12. The lowest BCUT2D eigenvalue weighted by atomic mass is 9.49. The van der Waals surface area contributed by atoms with Gasteiger partial charge in [-0.1, -0.05) is 11.8 Å². The van der Waals surface area contributed by atoms with Crippen LogP contribution >= 0.6 is 11.8 Å². The largest absolute Gasteiger partial charge is 0.415 e. The molecule has 0 amide bonds. The van der Waals surface area contributed by atoms with E-state index in [2.05, 4.69) is 10.2 Å². The molecule has 2 aromatic rings. The number of hydrogen-bond acceptors (Lipinski definition) is 5. The van der Waals surface area contributed by atoms with Gasteiger partial charge in [0.05, 0.1) is 5.25 Å². The third-order valence-electron chi connectivity index (χ3n) is 6.67. The second kappa shape index (κ2) is 6.43. The second-order valence-electron chi connectivity index (χ2n) is 8.70. The van der Waals surface area contributed by atoms with Crippen molar-refractivity contribution in [2.24, 2.45) is 17.8 Å². The van der Waals surface area contributed by atoms with Gasteiger partial charge in [-0.3, -0.25) is 4.79 Å². The van der Waals surface area contributed by atoms with E-state index in [4.69, 9.17) is 4.42 Å². The number of ketones is 1. The first-order chi connectivity index (χ1) is 13.0. The summed E-state index contributed by atoms with van der Waals surface area (Å²) in [4.78, 5) is 12.6. The molecule has 1 atom stereocenters. The van der Waals surface area contributed by atoms with Gasteiger partial charge in [0, 0.05) is 11.0 Å². The number of halogens is 1. The molecule has 0 spiro atoms. The Hall–Kier alpha value is -1.69. The van der Waals surface area contributed by atoms with Crippen LogP contribution in [-0.4, -0.2) is 21.2 Å². The second-order valence-corrected chi connectivity index (χ2v) is 9.99. The van der Waals surface area contributed by atoms with Crippen LogP contribution in [0, 0.1) is 23.6 Å². The van der Waals surface area contributed by atoms with Crippen LogP contribution in [0.15, 0.2) is 33.9 Å². The first-order valence-electron chi connectivity index (χ1n) is 9.81. The van der Waals surface area contributed by atoms with Crippen LogP contribution in [0.1, 0.15) is 61.7 Å². The van der Waals surface area contributed by atoms with E-state index in [0.29, 0.717) is 10.8 Å². The molecular formula is C21H23FN2O2S. The SMILES string of the molecule is C[C@H](Sc1nnc(C23CC4CC(CC(C4)C2)C3)o1)C(=O)c1ccc(F)cc1. The highest BCUT2D eigenvalue weighted by molar-refractivity contribution is 8.00. The molecule has 0 saturated heterocycles. The van der Waals surface area contributed by atoms with Crippen LogP contribution < -0.4 is 0 Å². The lowest BCUT2D eigenvalue weighted by Gasteiger charge is -2.55. The molecule has 142 valence electrons. The number of Topliss-reactive ketones (excluding diaryl/α,β-unsaturated/α-hetero) is 1. The van der Waals surface area contributed by atoms with Crippen LogP contribution in [0.4, 0.5) is 4.39 Å². The number of carbonyl (C=O) groups excluding carboxylic acids is 1. The third-order valence-corrected chi connectivity index (χ3v) is 7.61. The summed E-state index contributed by atoms with van der Waals surface area (Å²) in [6.45, 7) is 1.82. The van der Waals surface area contributed by atoms with E-state index in [-0.39, 0.29) is 22.3 Å². The molecule has 4 aliphatic carbocycles. The fourth-order valence-corrected chi connectivity index (χ4v) is 6.66. The lowest BCUT2D eigenvalue weighted by Crippen LogP contribution is -2.48. The molecule has 4 aliphatic rings. The van der Waals surface area contributed by atoms with Gasteiger partial charge < -0.3 is 4.42 Å². The van der Waals surface area contributed by atoms with Crippen molar-refractivity contribution in [2.75, 3.05) is 0 Å². The normalized spacial score (nSPS) is 32.6. The van der Waals surface area contributed by atoms with Crippen molar-refractivity contribution in [1.82, 2.24) is 10.2 Å². The summed E-state index contributed by atoms with van der Waals surface area (Å²) >= 11 is 1.29. The van der Waals surface area contributed by atoms with Gasteiger partial charge in [0.2, 0.25) is 5.89 Å². The molecule has 0 unspecified atom stereocenters.